The first kappa shape index (κ1) is 16.4. The quantitative estimate of drug-likeness (QED) is 0.858. The number of carbonyl (C=O) groups excluding carboxylic acids is 1. The maximum Gasteiger partial charge on any atom is 0.405 e. The van der Waals surface area contributed by atoms with E-state index >= 15 is 0 Å². The Balaban J connectivity index is 1.97. The second kappa shape index (κ2) is 6.87. The van der Waals surface area contributed by atoms with Crippen LogP contribution in [0.4, 0.5) is 13.2 Å². The highest BCUT2D eigenvalue weighted by molar-refractivity contribution is 7.98. The van der Waals surface area contributed by atoms with Crippen LogP contribution in [0, 0.1) is 0 Å². The summed E-state index contributed by atoms with van der Waals surface area (Å²) in [5.74, 6) is -0.160. The summed E-state index contributed by atoms with van der Waals surface area (Å²) < 4.78 is 38.2. The van der Waals surface area contributed by atoms with Crippen molar-refractivity contribution in [2.45, 2.75) is 17.1 Å². The lowest BCUT2D eigenvalue weighted by Crippen LogP contribution is -2.33. The first-order valence-corrected chi connectivity index (χ1v) is 7.38. The van der Waals surface area contributed by atoms with Gasteiger partial charge in [-0.05, 0) is 17.7 Å². The van der Waals surface area contributed by atoms with Gasteiger partial charge in [0.2, 0.25) is 0 Å². The summed E-state index contributed by atoms with van der Waals surface area (Å²) in [6.45, 7) is -1.34. The number of aryl methyl sites for hydroxylation is 1. The summed E-state index contributed by atoms with van der Waals surface area (Å²) in [6.07, 6.45) is -0.909. The van der Waals surface area contributed by atoms with Gasteiger partial charge in [0.05, 0.1) is 0 Å². The molecule has 1 amide bonds. The molecule has 1 N–H and O–H groups in total. The molecule has 0 fully saturated rings. The molecule has 1 aromatic carbocycles. The zero-order chi connectivity index (χ0) is 16.2. The van der Waals surface area contributed by atoms with E-state index in [2.05, 4.69) is 4.98 Å². The molecule has 0 spiro atoms. The second-order valence-electron chi connectivity index (χ2n) is 4.61. The van der Waals surface area contributed by atoms with Crippen LogP contribution in [0.1, 0.15) is 15.9 Å². The van der Waals surface area contributed by atoms with E-state index in [1.165, 1.54) is 17.8 Å². The fourth-order valence-electron chi connectivity index (χ4n) is 1.72. The largest absolute Gasteiger partial charge is 0.405 e. The SMILES string of the molecule is Cn1ccnc1SCc1cccc(C(=O)NCC(F)(F)F)c1. The lowest BCUT2D eigenvalue weighted by Gasteiger charge is -2.09. The van der Waals surface area contributed by atoms with Crippen LogP contribution in [0.15, 0.2) is 41.8 Å². The maximum atomic E-state index is 12.1. The second-order valence-corrected chi connectivity index (χ2v) is 5.55. The number of nitrogens with zero attached hydrogens (tertiary/aromatic N) is 2. The number of carbonyl (C=O) groups is 1. The molecule has 0 aliphatic rings. The molecule has 2 rings (SSSR count). The highest BCUT2D eigenvalue weighted by atomic mass is 32.2. The summed E-state index contributed by atoms with van der Waals surface area (Å²) in [7, 11) is 1.87. The van der Waals surface area contributed by atoms with Crippen LogP contribution in [0.5, 0.6) is 0 Å². The number of amides is 1. The van der Waals surface area contributed by atoms with Gasteiger partial charge in [-0.15, -0.1) is 0 Å². The molecular weight excluding hydrogens is 315 g/mol. The predicted octanol–water partition coefficient (Wildman–Crippen LogP) is 3.00. The summed E-state index contributed by atoms with van der Waals surface area (Å²) in [5.41, 5.74) is 1.05. The van der Waals surface area contributed by atoms with Crippen molar-refractivity contribution in [1.82, 2.24) is 14.9 Å². The maximum absolute atomic E-state index is 12.1. The van der Waals surface area contributed by atoms with Crippen LogP contribution in [-0.4, -0.2) is 28.2 Å². The van der Waals surface area contributed by atoms with E-state index in [4.69, 9.17) is 0 Å². The Bertz CT molecular complexity index is 655. The van der Waals surface area contributed by atoms with E-state index < -0.39 is 18.6 Å². The van der Waals surface area contributed by atoms with Crippen molar-refractivity contribution < 1.29 is 18.0 Å². The van der Waals surface area contributed by atoms with Gasteiger partial charge in [-0.25, -0.2) is 4.98 Å². The van der Waals surface area contributed by atoms with E-state index in [-0.39, 0.29) is 5.56 Å². The van der Waals surface area contributed by atoms with Gasteiger partial charge >= 0.3 is 6.18 Å². The van der Waals surface area contributed by atoms with E-state index in [1.54, 1.807) is 18.3 Å². The number of imidazole rings is 1. The van der Waals surface area contributed by atoms with Crippen molar-refractivity contribution in [1.29, 1.82) is 0 Å². The average Bonchev–Trinajstić information content (AvgIpc) is 2.87. The number of hydrogen-bond donors (Lipinski definition) is 1. The van der Waals surface area contributed by atoms with E-state index in [9.17, 15) is 18.0 Å². The van der Waals surface area contributed by atoms with Gasteiger partial charge in [-0.3, -0.25) is 4.79 Å². The molecule has 0 aliphatic heterocycles. The van der Waals surface area contributed by atoms with Crippen molar-refractivity contribution in [3.8, 4) is 0 Å². The summed E-state index contributed by atoms with van der Waals surface area (Å²) in [6, 6.07) is 6.54. The number of alkyl halides is 3. The summed E-state index contributed by atoms with van der Waals surface area (Å²) in [5, 5.41) is 2.68. The minimum atomic E-state index is -4.42. The first-order chi connectivity index (χ1) is 10.3. The first-order valence-electron chi connectivity index (χ1n) is 6.39. The van der Waals surface area contributed by atoms with Crippen molar-refractivity contribution in [3.63, 3.8) is 0 Å². The Morgan fingerprint density at radius 3 is 2.82 bits per heavy atom. The fraction of sp³-hybridized carbons (Fsp3) is 0.286. The highest BCUT2D eigenvalue weighted by Gasteiger charge is 2.27. The van der Waals surface area contributed by atoms with Gasteiger partial charge in [0, 0.05) is 30.8 Å². The Hall–Kier alpha value is -1.96. The smallest absolute Gasteiger partial charge is 0.343 e. The Kier molecular flexibility index (Phi) is 5.12. The van der Waals surface area contributed by atoms with Crippen LogP contribution in [0.2, 0.25) is 0 Å². The van der Waals surface area contributed by atoms with Gasteiger partial charge in [0.1, 0.15) is 6.54 Å². The minimum absolute atomic E-state index is 0.210. The molecule has 0 aliphatic carbocycles. The summed E-state index contributed by atoms with van der Waals surface area (Å²) in [4.78, 5) is 15.9. The molecule has 0 saturated carbocycles. The number of aromatic nitrogens is 2. The topological polar surface area (TPSA) is 46.9 Å². The van der Waals surface area contributed by atoms with Gasteiger partial charge in [0.25, 0.3) is 5.91 Å². The number of hydrogen-bond acceptors (Lipinski definition) is 3. The van der Waals surface area contributed by atoms with E-state index in [0.29, 0.717) is 5.75 Å². The number of thioether (sulfide) groups is 1. The Morgan fingerprint density at radius 1 is 1.41 bits per heavy atom. The molecule has 1 heterocycles. The molecular formula is C14H14F3N3OS. The highest BCUT2D eigenvalue weighted by Crippen LogP contribution is 2.21. The monoisotopic (exact) mass is 329 g/mol. The number of halogens is 3. The molecule has 118 valence electrons. The minimum Gasteiger partial charge on any atom is -0.343 e. The van der Waals surface area contributed by atoms with Crippen LogP contribution in [0.3, 0.4) is 0 Å². The normalized spacial score (nSPS) is 11.5. The van der Waals surface area contributed by atoms with Crippen LogP contribution < -0.4 is 5.32 Å². The zero-order valence-electron chi connectivity index (χ0n) is 11.7. The van der Waals surface area contributed by atoms with Gasteiger partial charge < -0.3 is 9.88 Å². The lowest BCUT2D eigenvalue weighted by molar-refractivity contribution is -0.123. The van der Waals surface area contributed by atoms with Crippen LogP contribution >= 0.6 is 11.8 Å². The van der Waals surface area contributed by atoms with Gasteiger partial charge in [0.15, 0.2) is 5.16 Å². The van der Waals surface area contributed by atoms with Gasteiger partial charge in [-0.2, -0.15) is 13.2 Å². The number of nitrogens with one attached hydrogen (secondary N) is 1. The fourth-order valence-corrected chi connectivity index (χ4v) is 2.60. The molecule has 1 aromatic heterocycles. The lowest BCUT2D eigenvalue weighted by atomic mass is 10.1. The predicted molar refractivity (Wildman–Crippen MR) is 77.6 cm³/mol. The standard InChI is InChI=1S/C14H14F3N3OS/c1-20-6-5-18-13(20)22-8-10-3-2-4-11(7-10)12(21)19-9-14(15,16)17/h2-7H,8-9H2,1H3,(H,19,21). The average molecular weight is 329 g/mol. The Labute approximate surface area is 129 Å². The third-order valence-electron chi connectivity index (χ3n) is 2.78. The molecule has 22 heavy (non-hydrogen) atoms. The molecule has 0 saturated heterocycles. The number of benzene rings is 1. The zero-order valence-corrected chi connectivity index (χ0v) is 12.5. The molecule has 0 radical (unpaired) electrons. The summed E-state index contributed by atoms with van der Waals surface area (Å²) >= 11 is 1.48. The molecule has 0 unspecified atom stereocenters. The van der Waals surface area contributed by atoms with Crippen molar-refractivity contribution in [3.05, 3.63) is 47.8 Å². The third kappa shape index (κ3) is 4.80. The molecule has 2 aromatic rings. The number of rotatable bonds is 5. The van der Waals surface area contributed by atoms with Crippen molar-refractivity contribution >= 4 is 17.7 Å². The van der Waals surface area contributed by atoms with Gasteiger partial charge in [-0.1, -0.05) is 23.9 Å². The molecule has 4 nitrogen and oxygen atoms in total. The molecule has 0 atom stereocenters. The molecule has 8 heteroatoms. The van der Waals surface area contributed by atoms with Crippen LogP contribution in [-0.2, 0) is 12.8 Å². The molecule has 0 bridgehead atoms. The van der Waals surface area contributed by atoms with E-state index in [1.807, 2.05) is 29.2 Å². The van der Waals surface area contributed by atoms with Crippen molar-refractivity contribution in [2.24, 2.45) is 7.05 Å². The Morgan fingerprint density at radius 2 is 2.18 bits per heavy atom. The van der Waals surface area contributed by atoms with E-state index in [0.717, 1.165) is 10.7 Å². The van der Waals surface area contributed by atoms with Crippen molar-refractivity contribution in [2.75, 3.05) is 6.54 Å². The third-order valence-corrected chi connectivity index (χ3v) is 3.91. The van der Waals surface area contributed by atoms with Crippen LogP contribution in [0.25, 0.3) is 0 Å².